The highest BCUT2D eigenvalue weighted by Gasteiger charge is 2.39. The van der Waals surface area contributed by atoms with Gasteiger partial charge in [0.25, 0.3) is 5.56 Å². The maximum Gasteiger partial charge on any atom is 0.255 e. The number of aromatic nitrogens is 2. The van der Waals surface area contributed by atoms with Gasteiger partial charge in [-0.1, -0.05) is 18.2 Å². The number of aromatic amines is 1. The molecule has 2 aromatic heterocycles. The molecule has 0 bridgehead atoms. The van der Waals surface area contributed by atoms with Crippen LogP contribution in [0.25, 0.3) is 10.9 Å². The second-order valence-corrected chi connectivity index (χ2v) is 9.11. The van der Waals surface area contributed by atoms with Gasteiger partial charge in [0.2, 0.25) is 0 Å². The maximum absolute atomic E-state index is 14.8. The maximum atomic E-state index is 14.8. The van der Waals surface area contributed by atoms with Gasteiger partial charge in [0.15, 0.2) is 5.78 Å². The molecule has 0 saturated carbocycles. The van der Waals surface area contributed by atoms with E-state index in [0.29, 0.717) is 28.3 Å². The van der Waals surface area contributed by atoms with E-state index in [1.54, 1.807) is 13.0 Å². The lowest BCUT2D eigenvalue weighted by molar-refractivity contribution is 0.0567. The molecule has 3 heterocycles. The Labute approximate surface area is 197 Å². The standard InChI is InChI=1S/C26H31F2N3O3/c1-14-11-23(34-4)18(26(33)30-14)9-10-22(32)24-15(2)31(21-8-6-5-7-17(21)24)16(3)25-19(27)12-29-13-20(25)28/h5-8,11,16,19-20,25,29H,9-10,12-13H2,1-4H3,(H,30,33)/t16-,19?,20?,25?/m1/s1. The van der Waals surface area contributed by atoms with E-state index in [-0.39, 0.29) is 37.3 Å². The molecule has 0 aliphatic carbocycles. The van der Waals surface area contributed by atoms with Crippen LogP contribution < -0.4 is 15.6 Å². The van der Waals surface area contributed by atoms with Gasteiger partial charge >= 0.3 is 0 Å². The number of pyridine rings is 1. The Morgan fingerprint density at radius 1 is 1.21 bits per heavy atom. The van der Waals surface area contributed by atoms with Crippen molar-refractivity contribution in [3.8, 4) is 5.75 Å². The molecule has 8 heteroatoms. The predicted octanol–water partition coefficient (Wildman–Crippen LogP) is 4.23. The molecule has 4 rings (SSSR count). The fourth-order valence-corrected chi connectivity index (χ4v) is 5.37. The second-order valence-electron chi connectivity index (χ2n) is 9.11. The molecule has 2 unspecified atom stereocenters. The first-order valence-electron chi connectivity index (χ1n) is 11.6. The number of aryl methyl sites for hydroxylation is 1. The SMILES string of the molecule is COc1cc(C)[nH]c(=O)c1CCC(=O)c1c(C)n([C@H](C)C2C(F)CNCC2F)c2ccccc12. The quantitative estimate of drug-likeness (QED) is 0.506. The molecule has 3 aromatic rings. The third-order valence-electron chi connectivity index (χ3n) is 6.96. The van der Waals surface area contributed by atoms with Gasteiger partial charge < -0.3 is 19.6 Å². The van der Waals surface area contributed by atoms with Crippen molar-refractivity contribution in [1.82, 2.24) is 14.9 Å². The van der Waals surface area contributed by atoms with Crippen molar-refractivity contribution in [3.05, 3.63) is 63.2 Å². The van der Waals surface area contributed by atoms with Gasteiger partial charge in [-0.25, -0.2) is 8.78 Å². The zero-order valence-electron chi connectivity index (χ0n) is 20.0. The summed E-state index contributed by atoms with van der Waals surface area (Å²) < 4.78 is 36.8. The van der Waals surface area contributed by atoms with Gasteiger partial charge in [0.1, 0.15) is 18.1 Å². The molecule has 3 atom stereocenters. The van der Waals surface area contributed by atoms with Crippen LogP contribution in [-0.2, 0) is 6.42 Å². The van der Waals surface area contributed by atoms with Gasteiger partial charge in [-0.2, -0.15) is 0 Å². The Balaban J connectivity index is 1.70. The first-order chi connectivity index (χ1) is 16.2. The van der Waals surface area contributed by atoms with Crippen molar-refractivity contribution >= 4 is 16.7 Å². The number of piperidine rings is 1. The summed E-state index contributed by atoms with van der Waals surface area (Å²) in [4.78, 5) is 28.7. The number of carbonyl (C=O) groups excluding carboxylic acids is 1. The molecule has 0 spiro atoms. The number of hydrogen-bond donors (Lipinski definition) is 2. The molecule has 1 saturated heterocycles. The number of benzene rings is 1. The summed E-state index contributed by atoms with van der Waals surface area (Å²) in [6, 6.07) is 8.71. The van der Waals surface area contributed by atoms with Crippen LogP contribution in [0.2, 0.25) is 0 Å². The van der Waals surface area contributed by atoms with E-state index in [9.17, 15) is 18.4 Å². The van der Waals surface area contributed by atoms with E-state index in [1.807, 2.05) is 42.7 Å². The Bertz CT molecular complexity index is 1260. The Morgan fingerprint density at radius 2 is 1.88 bits per heavy atom. The number of para-hydroxylation sites is 1. The van der Waals surface area contributed by atoms with E-state index in [1.165, 1.54) is 7.11 Å². The summed E-state index contributed by atoms with van der Waals surface area (Å²) >= 11 is 0. The van der Waals surface area contributed by atoms with Crippen LogP contribution in [0.15, 0.2) is 35.1 Å². The fourth-order valence-electron chi connectivity index (χ4n) is 5.37. The molecular formula is C26H31F2N3O3. The van der Waals surface area contributed by atoms with E-state index >= 15 is 0 Å². The molecule has 1 aliphatic rings. The number of fused-ring (bicyclic) bond motifs is 1. The zero-order chi connectivity index (χ0) is 24.6. The zero-order valence-corrected chi connectivity index (χ0v) is 20.0. The number of hydrogen-bond acceptors (Lipinski definition) is 4. The summed E-state index contributed by atoms with van der Waals surface area (Å²) in [6.45, 7) is 5.65. The third-order valence-corrected chi connectivity index (χ3v) is 6.96. The molecule has 1 aromatic carbocycles. The number of nitrogens with zero attached hydrogens (tertiary/aromatic N) is 1. The van der Waals surface area contributed by atoms with Gasteiger partial charge in [-0.3, -0.25) is 9.59 Å². The molecule has 6 nitrogen and oxygen atoms in total. The van der Waals surface area contributed by atoms with Crippen molar-refractivity contribution in [3.63, 3.8) is 0 Å². The number of alkyl halides is 2. The van der Waals surface area contributed by atoms with Crippen LogP contribution in [0.4, 0.5) is 8.78 Å². The van der Waals surface area contributed by atoms with Crippen molar-refractivity contribution in [2.45, 2.75) is 52.0 Å². The number of ketones is 1. The minimum Gasteiger partial charge on any atom is -0.496 e. The van der Waals surface area contributed by atoms with Crippen molar-refractivity contribution < 1.29 is 18.3 Å². The summed E-state index contributed by atoms with van der Waals surface area (Å²) in [5, 5.41) is 3.54. The van der Waals surface area contributed by atoms with Crippen LogP contribution >= 0.6 is 0 Å². The highest BCUT2D eigenvalue weighted by Crippen LogP contribution is 2.37. The Kier molecular flexibility index (Phi) is 6.89. The van der Waals surface area contributed by atoms with E-state index < -0.39 is 24.3 Å². The van der Waals surface area contributed by atoms with E-state index in [2.05, 4.69) is 10.3 Å². The number of ether oxygens (including phenoxy) is 1. The molecular weight excluding hydrogens is 440 g/mol. The average Bonchev–Trinajstić information content (AvgIpc) is 3.09. The van der Waals surface area contributed by atoms with E-state index in [0.717, 1.165) is 10.9 Å². The monoisotopic (exact) mass is 471 g/mol. The van der Waals surface area contributed by atoms with E-state index in [4.69, 9.17) is 4.74 Å². The number of carbonyl (C=O) groups is 1. The third kappa shape index (κ3) is 4.27. The van der Waals surface area contributed by atoms with Crippen molar-refractivity contribution in [2.24, 2.45) is 5.92 Å². The smallest absolute Gasteiger partial charge is 0.255 e. The molecule has 0 radical (unpaired) electrons. The lowest BCUT2D eigenvalue weighted by atomic mass is 9.87. The normalized spacial score (nSPS) is 21.5. The van der Waals surface area contributed by atoms with Crippen LogP contribution in [0.1, 0.15) is 46.7 Å². The molecule has 1 fully saturated rings. The molecule has 34 heavy (non-hydrogen) atoms. The first kappa shape index (κ1) is 24.1. The molecule has 2 N–H and O–H groups in total. The molecule has 0 amide bonds. The largest absolute Gasteiger partial charge is 0.496 e. The number of H-pyrrole nitrogens is 1. The average molecular weight is 472 g/mol. The first-order valence-corrected chi connectivity index (χ1v) is 11.6. The molecule has 1 aliphatic heterocycles. The number of halogens is 2. The van der Waals surface area contributed by atoms with Crippen LogP contribution in [0.3, 0.4) is 0 Å². The fraction of sp³-hybridized carbons (Fsp3) is 0.462. The lowest BCUT2D eigenvalue weighted by Crippen LogP contribution is -2.49. The van der Waals surface area contributed by atoms with Gasteiger partial charge in [0, 0.05) is 59.3 Å². The number of methoxy groups -OCH3 is 1. The Hall–Kier alpha value is -3.00. The number of nitrogens with one attached hydrogen (secondary N) is 2. The van der Waals surface area contributed by atoms with Crippen LogP contribution in [0, 0.1) is 19.8 Å². The van der Waals surface area contributed by atoms with Gasteiger partial charge in [-0.05, 0) is 39.3 Å². The summed E-state index contributed by atoms with van der Waals surface area (Å²) in [5.74, 6) is -0.481. The summed E-state index contributed by atoms with van der Waals surface area (Å²) in [5.41, 5.74) is 2.82. The highest BCUT2D eigenvalue weighted by molar-refractivity contribution is 6.09. The summed E-state index contributed by atoms with van der Waals surface area (Å²) in [7, 11) is 1.50. The molecule has 182 valence electrons. The minimum atomic E-state index is -1.32. The van der Waals surface area contributed by atoms with Crippen molar-refractivity contribution in [2.75, 3.05) is 20.2 Å². The summed E-state index contributed by atoms with van der Waals surface area (Å²) in [6.07, 6.45) is -2.31. The second kappa shape index (κ2) is 9.70. The topological polar surface area (TPSA) is 76.1 Å². The predicted molar refractivity (Wildman–Crippen MR) is 129 cm³/mol. The van der Waals surface area contributed by atoms with Crippen LogP contribution in [-0.4, -0.2) is 47.9 Å². The van der Waals surface area contributed by atoms with Crippen molar-refractivity contribution in [1.29, 1.82) is 0 Å². The highest BCUT2D eigenvalue weighted by atomic mass is 19.1. The Morgan fingerprint density at radius 3 is 2.56 bits per heavy atom. The minimum absolute atomic E-state index is 0.108. The van der Waals surface area contributed by atoms with Gasteiger partial charge in [0.05, 0.1) is 12.7 Å². The van der Waals surface area contributed by atoms with Gasteiger partial charge in [-0.15, -0.1) is 0 Å². The number of rotatable bonds is 7. The lowest BCUT2D eigenvalue weighted by Gasteiger charge is -2.36. The number of Topliss-reactive ketones (excluding diaryl/α,β-unsaturated/α-hetero) is 1. The van der Waals surface area contributed by atoms with Crippen LogP contribution in [0.5, 0.6) is 5.75 Å².